The van der Waals surface area contributed by atoms with Gasteiger partial charge in [0, 0.05) is 0 Å². The zero-order chi connectivity index (χ0) is 19.9. The molecule has 0 atom stereocenters. The molecule has 0 saturated heterocycles. The maximum Gasteiger partial charge on any atom is 0.387 e. The Balaban J connectivity index is 1.44. The molecule has 0 spiro atoms. The second kappa shape index (κ2) is 10.5. The number of hydrogen-bond acceptors (Lipinski definition) is 1. The average Bonchev–Trinajstić information content (AvgIpc) is 2.70. The van der Waals surface area contributed by atoms with Gasteiger partial charge in [0.25, 0.3) is 0 Å². The smallest absolute Gasteiger partial charge is 0.387 e. The molecule has 2 saturated carbocycles. The van der Waals surface area contributed by atoms with Gasteiger partial charge < -0.3 is 4.74 Å². The average molecular weight is 397 g/mol. The lowest BCUT2D eigenvalue weighted by Gasteiger charge is -2.38. The minimum Gasteiger partial charge on any atom is -0.432 e. The molecule has 2 fully saturated rings. The maximum atomic E-state index is 14.0. The second-order valence-electron chi connectivity index (χ2n) is 8.96. The van der Waals surface area contributed by atoms with Crippen LogP contribution >= 0.6 is 0 Å². The van der Waals surface area contributed by atoms with Crippen molar-refractivity contribution in [1.82, 2.24) is 0 Å². The van der Waals surface area contributed by atoms with Crippen molar-refractivity contribution >= 4 is 0 Å². The molecule has 0 radical (unpaired) electrons. The van der Waals surface area contributed by atoms with Crippen molar-refractivity contribution < 1.29 is 17.9 Å². The van der Waals surface area contributed by atoms with Gasteiger partial charge in [0.2, 0.25) is 0 Å². The van der Waals surface area contributed by atoms with E-state index in [1.54, 1.807) is 6.07 Å². The van der Waals surface area contributed by atoms with Gasteiger partial charge >= 0.3 is 6.61 Å². The van der Waals surface area contributed by atoms with Gasteiger partial charge in [-0.05, 0) is 79.9 Å². The molecule has 1 aromatic carbocycles. The summed E-state index contributed by atoms with van der Waals surface area (Å²) >= 11 is 0. The van der Waals surface area contributed by atoms with Crippen LogP contribution in [0.25, 0.3) is 0 Å². The van der Waals surface area contributed by atoms with E-state index in [0.717, 1.165) is 36.2 Å². The van der Waals surface area contributed by atoms with Crippen LogP contribution in [0.3, 0.4) is 0 Å². The third kappa shape index (κ3) is 5.90. The van der Waals surface area contributed by atoms with Crippen LogP contribution in [0.4, 0.5) is 13.2 Å². The van der Waals surface area contributed by atoms with E-state index in [9.17, 15) is 13.2 Å². The van der Waals surface area contributed by atoms with Crippen LogP contribution in [-0.4, -0.2) is 6.61 Å². The van der Waals surface area contributed by atoms with Crippen molar-refractivity contribution in [2.75, 3.05) is 0 Å². The topological polar surface area (TPSA) is 9.23 Å². The molecule has 0 aliphatic heterocycles. The zero-order valence-electron chi connectivity index (χ0n) is 17.1. The van der Waals surface area contributed by atoms with Crippen LogP contribution in [0.2, 0.25) is 0 Å². The largest absolute Gasteiger partial charge is 0.432 e. The molecule has 4 heteroatoms. The predicted molar refractivity (Wildman–Crippen MR) is 107 cm³/mol. The summed E-state index contributed by atoms with van der Waals surface area (Å²) in [6.07, 6.45) is 15.7. The van der Waals surface area contributed by atoms with Gasteiger partial charge in [-0.25, -0.2) is 4.39 Å². The van der Waals surface area contributed by atoms with E-state index >= 15 is 0 Å². The van der Waals surface area contributed by atoms with Crippen LogP contribution in [0, 0.1) is 23.6 Å². The first-order valence-electron chi connectivity index (χ1n) is 11.3. The normalized spacial score (nSPS) is 28.5. The van der Waals surface area contributed by atoms with Crippen molar-refractivity contribution in [2.24, 2.45) is 17.8 Å². The number of unbranched alkanes of at least 4 members (excludes halogenated alkanes) is 2. The molecule has 2 aliphatic rings. The number of rotatable bonds is 8. The summed E-state index contributed by atoms with van der Waals surface area (Å²) in [5.74, 6) is 1.96. The van der Waals surface area contributed by atoms with Crippen LogP contribution in [-0.2, 0) is 0 Å². The molecule has 28 heavy (non-hydrogen) atoms. The lowest BCUT2D eigenvalue weighted by Crippen LogP contribution is -2.25. The minimum absolute atomic E-state index is 0.344. The fourth-order valence-electron chi connectivity index (χ4n) is 5.52. The fourth-order valence-corrected chi connectivity index (χ4v) is 5.52. The molecule has 1 aromatic rings. The molecule has 2 aliphatic carbocycles. The van der Waals surface area contributed by atoms with E-state index in [1.807, 2.05) is 0 Å². The second-order valence-corrected chi connectivity index (χ2v) is 8.96. The summed E-state index contributed by atoms with van der Waals surface area (Å²) in [7, 11) is 0. The number of ether oxygens (including phenoxy) is 1. The highest BCUT2D eigenvalue weighted by molar-refractivity contribution is 5.31. The van der Waals surface area contributed by atoms with Gasteiger partial charge in [-0.2, -0.15) is 8.78 Å². The quantitative estimate of drug-likeness (QED) is 0.403. The Labute approximate surface area is 168 Å². The first kappa shape index (κ1) is 21.5. The van der Waals surface area contributed by atoms with Crippen molar-refractivity contribution in [1.29, 1.82) is 0 Å². The molecular formula is C24H35F3O. The molecule has 0 heterocycles. The molecule has 1 nitrogen and oxygen atoms in total. The zero-order valence-corrected chi connectivity index (χ0v) is 17.1. The number of alkyl halides is 2. The highest BCUT2D eigenvalue weighted by Gasteiger charge is 2.31. The van der Waals surface area contributed by atoms with Crippen molar-refractivity contribution in [3.8, 4) is 5.75 Å². The lowest BCUT2D eigenvalue weighted by molar-refractivity contribution is -0.0522. The highest BCUT2D eigenvalue weighted by atomic mass is 19.3. The van der Waals surface area contributed by atoms with Crippen molar-refractivity contribution in [3.05, 3.63) is 29.6 Å². The molecule has 0 bridgehead atoms. The third-order valence-electron chi connectivity index (χ3n) is 7.19. The Morgan fingerprint density at radius 2 is 1.57 bits per heavy atom. The molecule has 0 unspecified atom stereocenters. The van der Waals surface area contributed by atoms with Crippen LogP contribution in [0.5, 0.6) is 5.75 Å². The molecule has 158 valence electrons. The summed E-state index contributed by atoms with van der Waals surface area (Å²) in [5.41, 5.74) is 0.928. The van der Waals surface area contributed by atoms with E-state index < -0.39 is 12.4 Å². The van der Waals surface area contributed by atoms with Crippen molar-refractivity contribution in [2.45, 2.75) is 96.5 Å². The highest BCUT2D eigenvalue weighted by Crippen LogP contribution is 2.44. The summed E-state index contributed by atoms with van der Waals surface area (Å²) in [4.78, 5) is 0. The molecule has 0 N–H and O–H groups in total. The van der Waals surface area contributed by atoms with Gasteiger partial charge in [-0.1, -0.05) is 51.5 Å². The molecule has 3 rings (SSSR count). The Hall–Kier alpha value is -1.19. The molecule has 0 amide bonds. The summed E-state index contributed by atoms with van der Waals surface area (Å²) < 4.78 is 42.8. The first-order valence-corrected chi connectivity index (χ1v) is 11.3. The van der Waals surface area contributed by atoms with Gasteiger partial charge in [-0.3, -0.25) is 0 Å². The molecule has 0 aromatic heterocycles. The van der Waals surface area contributed by atoms with Crippen molar-refractivity contribution in [3.63, 3.8) is 0 Å². The third-order valence-corrected chi connectivity index (χ3v) is 7.19. The van der Waals surface area contributed by atoms with Gasteiger partial charge in [0.05, 0.1) is 0 Å². The Kier molecular flexibility index (Phi) is 8.11. The summed E-state index contributed by atoms with van der Waals surface area (Å²) in [6, 6.07) is 4.50. The van der Waals surface area contributed by atoms with E-state index in [0.29, 0.717) is 5.92 Å². The number of hydrogen-bond donors (Lipinski definition) is 0. The van der Waals surface area contributed by atoms with Gasteiger partial charge in [-0.15, -0.1) is 0 Å². The standard InChI is InChI=1S/C24H35F3O/c1-2-3-4-5-17-6-8-18(9-7-17)19-10-12-20(13-11-19)21-14-15-23(22(25)16-21)28-24(26)27/h14-20,24H,2-13H2,1H3/t17-,18-,19-,20-. The number of halogens is 3. The van der Waals surface area contributed by atoms with Gasteiger partial charge in [0.15, 0.2) is 11.6 Å². The van der Waals surface area contributed by atoms with E-state index in [1.165, 1.54) is 76.3 Å². The van der Waals surface area contributed by atoms with E-state index in [4.69, 9.17) is 0 Å². The molecular weight excluding hydrogens is 361 g/mol. The van der Waals surface area contributed by atoms with E-state index in [2.05, 4.69) is 11.7 Å². The van der Waals surface area contributed by atoms with Crippen LogP contribution in [0.1, 0.15) is 95.5 Å². The lowest BCUT2D eigenvalue weighted by atomic mass is 9.68. The fraction of sp³-hybridized carbons (Fsp3) is 0.750. The predicted octanol–water partition coefficient (Wildman–Crippen LogP) is 8.09. The first-order chi connectivity index (χ1) is 13.6. The van der Waals surface area contributed by atoms with Crippen LogP contribution in [0.15, 0.2) is 18.2 Å². The SMILES string of the molecule is CCCCC[C@H]1CC[C@H]([C@H]2CC[C@H](c3ccc(OC(F)F)c(F)c3)CC2)CC1. The Morgan fingerprint density at radius 3 is 2.14 bits per heavy atom. The number of benzene rings is 1. The van der Waals surface area contributed by atoms with Gasteiger partial charge in [0.1, 0.15) is 0 Å². The Morgan fingerprint density at radius 1 is 0.929 bits per heavy atom. The van der Waals surface area contributed by atoms with E-state index in [-0.39, 0.29) is 5.75 Å². The summed E-state index contributed by atoms with van der Waals surface area (Å²) in [6.45, 7) is -0.717. The monoisotopic (exact) mass is 396 g/mol. The maximum absolute atomic E-state index is 14.0. The van der Waals surface area contributed by atoms with Crippen LogP contribution < -0.4 is 4.74 Å². The Bertz CT molecular complexity index is 588. The summed E-state index contributed by atoms with van der Waals surface area (Å²) in [5, 5.41) is 0. The minimum atomic E-state index is -2.99.